The molecule has 0 aliphatic rings. The van der Waals surface area contributed by atoms with Crippen molar-refractivity contribution in [3.63, 3.8) is 0 Å². The van der Waals surface area contributed by atoms with Crippen LogP contribution >= 0.6 is 35.0 Å². The molecule has 1 aromatic heterocycles. The van der Waals surface area contributed by atoms with Crippen LogP contribution in [0.25, 0.3) is 10.9 Å². The Kier molecular flexibility index (Phi) is 5.49. The molecule has 0 saturated heterocycles. The Hall–Kier alpha value is -1.49. The molecule has 3 nitrogen and oxygen atoms in total. The van der Waals surface area contributed by atoms with Gasteiger partial charge in [0.25, 0.3) is 5.56 Å². The molecule has 0 saturated carbocycles. The molecular weight excluding hydrogens is 363 g/mol. The fourth-order valence-corrected chi connectivity index (χ4v) is 3.71. The highest BCUT2D eigenvalue weighted by Crippen LogP contribution is 2.24. The van der Waals surface area contributed by atoms with E-state index in [2.05, 4.69) is 4.98 Å². The molecule has 0 spiro atoms. The topological polar surface area (TPSA) is 34.9 Å². The van der Waals surface area contributed by atoms with Crippen LogP contribution in [0.5, 0.6) is 0 Å². The standard InChI is InChI=1S/C18H16Cl2N2OS/c1-2-9-22-17(23)15-8-7-14(20)10-16(15)21-18(22)24-11-12-3-5-13(19)6-4-12/h3-8,10H,2,9,11H2,1H3. The van der Waals surface area contributed by atoms with Gasteiger partial charge in [0.2, 0.25) is 0 Å². The zero-order valence-corrected chi connectivity index (χ0v) is 15.5. The Labute approximate surface area is 154 Å². The van der Waals surface area contributed by atoms with Gasteiger partial charge >= 0.3 is 0 Å². The highest BCUT2D eigenvalue weighted by molar-refractivity contribution is 7.98. The lowest BCUT2D eigenvalue weighted by Crippen LogP contribution is -2.23. The average Bonchev–Trinajstić information content (AvgIpc) is 2.57. The number of fused-ring (bicyclic) bond motifs is 1. The SMILES string of the molecule is CCCn1c(SCc2ccc(Cl)cc2)nc2cc(Cl)ccc2c1=O. The van der Waals surface area contributed by atoms with Gasteiger partial charge < -0.3 is 0 Å². The molecule has 124 valence electrons. The van der Waals surface area contributed by atoms with Crippen LogP contribution < -0.4 is 5.56 Å². The van der Waals surface area contributed by atoms with Crippen molar-refractivity contribution in [2.75, 3.05) is 0 Å². The first kappa shape index (κ1) is 17.3. The van der Waals surface area contributed by atoms with Crippen molar-refractivity contribution in [3.05, 3.63) is 68.4 Å². The van der Waals surface area contributed by atoms with E-state index in [-0.39, 0.29) is 5.56 Å². The Balaban J connectivity index is 1.99. The summed E-state index contributed by atoms with van der Waals surface area (Å²) in [5.74, 6) is 0.722. The zero-order valence-electron chi connectivity index (χ0n) is 13.1. The highest BCUT2D eigenvalue weighted by Gasteiger charge is 2.11. The number of benzene rings is 2. The van der Waals surface area contributed by atoms with E-state index >= 15 is 0 Å². The van der Waals surface area contributed by atoms with Gasteiger partial charge in [-0.2, -0.15) is 0 Å². The summed E-state index contributed by atoms with van der Waals surface area (Å²) in [6.45, 7) is 2.69. The summed E-state index contributed by atoms with van der Waals surface area (Å²) >= 11 is 13.5. The lowest BCUT2D eigenvalue weighted by molar-refractivity contribution is 0.585. The van der Waals surface area contributed by atoms with Crippen LogP contribution in [0, 0.1) is 0 Å². The molecule has 0 atom stereocenters. The molecule has 24 heavy (non-hydrogen) atoms. The first-order chi connectivity index (χ1) is 11.6. The predicted octanol–water partition coefficient (Wildman–Crippen LogP) is 5.41. The molecule has 3 aromatic rings. The van der Waals surface area contributed by atoms with Gasteiger partial charge in [-0.3, -0.25) is 9.36 Å². The summed E-state index contributed by atoms with van der Waals surface area (Å²) in [6.07, 6.45) is 0.870. The second-order valence-electron chi connectivity index (χ2n) is 5.43. The van der Waals surface area contributed by atoms with Crippen LogP contribution in [0.2, 0.25) is 10.0 Å². The van der Waals surface area contributed by atoms with E-state index in [1.807, 2.05) is 31.2 Å². The van der Waals surface area contributed by atoms with Crippen molar-refractivity contribution in [2.24, 2.45) is 0 Å². The van der Waals surface area contributed by atoms with E-state index in [1.165, 1.54) is 0 Å². The van der Waals surface area contributed by atoms with Crippen LogP contribution in [0.1, 0.15) is 18.9 Å². The first-order valence-corrected chi connectivity index (χ1v) is 9.40. The summed E-state index contributed by atoms with van der Waals surface area (Å²) in [5, 5.41) is 2.61. The van der Waals surface area contributed by atoms with Gasteiger partial charge in [-0.1, -0.05) is 54.0 Å². The third-order valence-corrected chi connectivity index (χ3v) is 5.15. The summed E-state index contributed by atoms with van der Waals surface area (Å²) in [5.41, 5.74) is 1.75. The minimum Gasteiger partial charge on any atom is -0.287 e. The maximum atomic E-state index is 12.8. The summed E-state index contributed by atoms with van der Waals surface area (Å²) in [6, 6.07) is 12.9. The third-order valence-electron chi connectivity index (χ3n) is 3.61. The van der Waals surface area contributed by atoms with Crippen LogP contribution in [0.15, 0.2) is 52.4 Å². The van der Waals surface area contributed by atoms with Crippen molar-refractivity contribution in [1.82, 2.24) is 9.55 Å². The summed E-state index contributed by atoms with van der Waals surface area (Å²) in [4.78, 5) is 17.4. The Morgan fingerprint density at radius 3 is 2.50 bits per heavy atom. The second-order valence-corrected chi connectivity index (χ2v) is 7.24. The molecule has 0 amide bonds. The summed E-state index contributed by atoms with van der Waals surface area (Å²) in [7, 11) is 0. The van der Waals surface area contributed by atoms with Crippen LogP contribution in [0.4, 0.5) is 0 Å². The number of aromatic nitrogens is 2. The van der Waals surface area contributed by atoms with Crippen molar-refractivity contribution in [3.8, 4) is 0 Å². The Morgan fingerprint density at radius 2 is 1.79 bits per heavy atom. The van der Waals surface area contributed by atoms with Gasteiger partial charge in [-0.25, -0.2) is 4.98 Å². The second kappa shape index (κ2) is 7.60. The number of nitrogens with zero attached hydrogens (tertiary/aromatic N) is 2. The number of halogens is 2. The van der Waals surface area contributed by atoms with Crippen molar-refractivity contribution in [1.29, 1.82) is 0 Å². The van der Waals surface area contributed by atoms with Crippen LogP contribution in [-0.2, 0) is 12.3 Å². The van der Waals surface area contributed by atoms with E-state index in [4.69, 9.17) is 23.2 Å². The van der Waals surface area contributed by atoms with E-state index in [0.717, 1.165) is 17.7 Å². The molecule has 2 aromatic carbocycles. The molecule has 0 unspecified atom stereocenters. The Bertz CT molecular complexity index is 923. The quantitative estimate of drug-likeness (QED) is 0.439. The van der Waals surface area contributed by atoms with Crippen LogP contribution in [0.3, 0.4) is 0 Å². The minimum atomic E-state index is -0.0166. The number of hydrogen-bond donors (Lipinski definition) is 0. The smallest absolute Gasteiger partial charge is 0.262 e. The molecule has 0 bridgehead atoms. The van der Waals surface area contributed by atoms with Crippen molar-refractivity contribution < 1.29 is 0 Å². The van der Waals surface area contributed by atoms with Gasteiger partial charge in [0.1, 0.15) is 0 Å². The lowest BCUT2D eigenvalue weighted by Gasteiger charge is -2.12. The van der Waals surface area contributed by atoms with E-state index in [9.17, 15) is 4.79 Å². The molecule has 3 rings (SSSR count). The average molecular weight is 379 g/mol. The number of hydrogen-bond acceptors (Lipinski definition) is 3. The van der Waals surface area contributed by atoms with Crippen molar-refractivity contribution >= 4 is 45.9 Å². The number of rotatable bonds is 5. The van der Waals surface area contributed by atoms with Gasteiger partial charge in [0.05, 0.1) is 10.9 Å². The molecule has 0 aliphatic heterocycles. The number of thioether (sulfide) groups is 1. The Morgan fingerprint density at radius 1 is 1.08 bits per heavy atom. The van der Waals surface area contributed by atoms with E-state index in [1.54, 1.807) is 34.5 Å². The monoisotopic (exact) mass is 378 g/mol. The van der Waals surface area contributed by atoms with Gasteiger partial charge in [0.15, 0.2) is 5.16 Å². The van der Waals surface area contributed by atoms with E-state index < -0.39 is 0 Å². The van der Waals surface area contributed by atoms with Crippen LogP contribution in [-0.4, -0.2) is 9.55 Å². The zero-order chi connectivity index (χ0) is 17.1. The molecule has 6 heteroatoms. The van der Waals surface area contributed by atoms with Gasteiger partial charge in [0, 0.05) is 22.3 Å². The molecule has 0 radical (unpaired) electrons. The maximum Gasteiger partial charge on any atom is 0.262 e. The van der Waals surface area contributed by atoms with Crippen molar-refractivity contribution in [2.45, 2.75) is 30.8 Å². The largest absolute Gasteiger partial charge is 0.287 e. The highest BCUT2D eigenvalue weighted by atomic mass is 35.5. The summed E-state index contributed by atoms with van der Waals surface area (Å²) < 4.78 is 1.75. The fourth-order valence-electron chi connectivity index (χ4n) is 2.43. The predicted molar refractivity (Wildman–Crippen MR) is 102 cm³/mol. The molecule has 0 fully saturated rings. The van der Waals surface area contributed by atoms with E-state index in [0.29, 0.717) is 32.6 Å². The third kappa shape index (κ3) is 3.77. The van der Waals surface area contributed by atoms with Gasteiger partial charge in [-0.15, -0.1) is 0 Å². The molecule has 0 N–H and O–H groups in total. The normalized spacial score (nSPS) is 11.1. The minimum absolute atomic E-state index is 0.0166. The molecule has 1 heterocycles. The van der Waals surface area contributed by atoms with Gasteiger partial charge in [-0.05, 0) is 42.3 Å². The first-order valence-electron chi connectivity index (χ1n) is 7.66. The fraction of sp³-hybridized carbons (Fsp3) is 0.222. The maximum absolute atomic E-state index is 12.8. The molecule has 0 aliphatic carbocycles. The molecular formula is C18H16Cl2N2OS. The lowest BCUT2D eigenvalue weighted by atomic mass is 10.2.